The molecule has 0 bridgehead atoms. The molecule has 1 aliphatic heterocycles. The molecule has 2 heterocycles. The Balaban J connectivity index is 2.09. The fourth-order valence-corrected chi connectivity index (χ4v) is 3.79. The topological polar surface area (TPSA) is 67.2 Å². The maximum Gasteiger partial charge on any atom is 0.283 e. The molecule has 1 aliphatic rings. The minimum absolute atomic E-state index is 0.0964. The van der Waals surface area contributed by atoms with E-state index in [-0.39, 0.29) is 23.5 Å². The van der Waals surface area contributed by atoms with Gasteiger partial charge in [0.2, 0.25) is 0 Å². The Labute approximate surface area is 124 Å². The predicted octanol–water partition coefficient (Wildman–Crippen LogP) is 1.70. The van der Waals surface area contributed by atoms with E-state index in [1.165, 1.54) is 23.3 Å². The smallest absolute Gasteiger partial charge is 0.283 e. The van der Waals surface area contributed by atoms with Crippen molar-refractivity contribution in [2.24, 2.45) is 0 Å². The van der Waals surface area contributed by atoms with E-state index in [2.05, 4.69) is 33.3 Å². The Bertz CT molecular complexity index is 500. The number of rotatable bonds is 5. The van der Waals surface area contributed by atoms with Gasteiger partial charge in [-0.1, -0.05) is 0 Å². The number of halogens is 1. The number of thioether (sulfide) groups is 1. The molecule has 19 heavy (non-hydrogen) atoms. The number of aliphatic hydroxyl groups excluding tert-OH is 1. The normalized spacial score (nSPS) is 22.7. The van der Waals surface area contributed by atoms with Gasteiger partial charge in [-0.25, -0.2) is 4.68 Å². The summed E-state index contributed by atoms with van der Waals surface area (Å²) in [5.41, 5.74) is 0.496. The summed E-state index contributed by atoms with van der Waals surface area (Å²) >= 11 is 5.27. The van der Waals surface area contributed by atoms with E-state index in [4.69, 9.17) is 5.11 Å². The van der Waals surface area contributed by atoms with Crippen LogP contribution in [0.15, 0.2) is 15.5 Å². The van der Waals surface area contributed by atoms with Gasteiger partial charge in [0.05, 0.1) is 25.0 Å². The van der Waals surface area contributed by atoms with Gasteiger partial charge in [0.25, 0.3) is 5.56 Å². The van der Waals surface area contributed by atoms with Crippen LogP contribution in [0.5, 0.6) is 0 Å². The van der Waals surface area contributed by atoms with E-state index >= 15 is 0 Å². The molecule has 1 aromatic rings. The van der Waals surface area contributed by atoms with E-state index < -0.39 is 0 Å². The second-order valence-corrected chi connectivity index (χ2v) is 7.36. The van der Waals surface area contributed by atoms with Crippen LogP contribution < -0.4 is 10.9 Å². The number of hydrogen-bond donors (Lipinski definition) is 2. The molecular formula is C12H18BrN3O2S. The van der Waals surface area contributed by atoms with Gasteiger partial charge in [-0.2, -0.15) is 16.9 Å². The summed E-state index contributed by atoms with van der Waals surface area (Å²) in [7, 11) is 0. The molecule has 0 aliphatic carbocycles. The highest BCUT2D eigenvalue weighted by Gasteiger charge is 2.29. The monoisotopic (exact) mass is 347 g/mol. The maximum atomic E-state index is 12.0. The van der Waals surface area contributed by atoms with E-state index in [1.807, 2.05) is 11.8 Å². The highest BCUT2D eigenvalue weighted by Crippen LogP contribution is 2.37. The second-order valence-electron chi connectivity index (χ2n) is 4.88. The fraction of sp³-hybridized carbons (Fsp3) is 0.667. The molecule has 2 N–H and O–H groups in total. The molecule has 106 valence electrons. The molecule has 0 saturated carbocycles. The van der Waals surface area contributed by atoms with Crippen LogP contribution in [0.2, 0.25) is 0 Å². The van der Waals surface area contributed by atoms with Crippen molar-refractivity contribution in [3.05, 3.63) is 21.0 Å². The molecule has 0 spiro atoms. The summed E-state index contributed by atoms with van der Waals surface area (Å²) in [4.78, 5) is 12.0. The Morgan fingerprint density at radius 2 is 2.47 bits per heavy atom. The van der Waals surface area contributed by atoms with Gasteiger partial charge in [0.15, 0.2) is 0 Å². The van der Waals surface area contributed by atoms with Crippen LogP contribution in [0.25, 0.3) is 0 Å². The SMILES string of the molecule is CC1(CNc2cnn(CCO)c(=O)c2Br)CCCS1. The highest BCUT2D eigenvalue weighted by molar-refractivity contribution is 9.10. The molecule has 1 saturated heterocycles. The van der Waals surface area contributed by atoms with Crippen LogP contribution in [0.4, 0.5) is 5.69 Å². The summed E-state index contributed by atoms with van der Waals surface area (Å²) < 4.78 is 1.96. The first-order chi connectivity index (χ1) is 9.06. The van der Waals surface area contributed by atoms with Crippen LogP contribution in [-0.2, 0) is 6.54 Å². The van der Waals surface area contributed by atoms with Crippen molar-refractivity contribution in [1.82, 2.24) is 9.78 Å². The lowest BCUT2D eigenvalue weighted by Gasteiger charge is -2.23. The van der Waals surface area contributed by atoms with Crippen LogP contribution in [0, 0.1) is 0 Å². The van der Waals surface area contributed by atoms with Gasteiger partial charge in [0.1, 0.15) is 4.47 Å². The molecule has 5 nitrogen and oxygen atoms in total. The third-order valence-corrected chi connectivity index (χ3v) is 5.55. The third-order valence-electron chi connectivity index (χ3n) is 3.25. The summed E-state index contributed by atoms with van der Waals surface area (Å²) in [5, 5.41) is 16.2. The van der Waals surface area contributed by atoms with Gasteiger partial charge < -0.3 is 10.4 Å². The highest BCUT2D eigenvalue weighted by atomic mass is 79.9. The fourth-order valence-electron chi connectivity index (χ4n) is 2.10. The van der Waals surface area contributed by atoms with E-state index in [9.17, 15) is 4.79 Å². The Morgan fingerprint density at radius 1 is 1.68 bits per heavy atom. The Hall–Kier alpha value is -0.530. The molecule has 0 radical (unpaired) electrons. The predicted molar refractivity (Wildman–Crippen MR) is 81.9 cm³/mol. The van der Waals surface area contributed by atoms with Gasteiger partial charge in [-0.15, -0.1) is 0 Å². The molecule has 2 rings (SSSR count). The first-order valence-electron chi connectivity index (χ1n) is 6.30. The van der Waals surface area contributed by atoms with Crippen molar-refractivity contribution in [1.29, 1.82) is 0 Å². The Morgan fingerprint density at radius 3 is 3.11 bits per heavy atom. The molecule has 0 amide bonds. The molecule has 1 fully saturated rings. The van der Waals surface area contributed by atoms with Gasteiger partial charge in [0, 0.05) is 11.3 Å². The zero-order chi connectivity index (χ0) is 13.9. The molecule has 7 heteroatoms. The standard InChI is InChI=1S/C12H18BrN3O2S/c1-12(3-2-6-19-12)8-14-9-7-15-16(4-5-17)11(18)10(9)13/h7,14,17H,2-6,8H2,1H3. The average molecular weight is 348 g/mol. The number of anilines is 1. The largest absolute Gasteiger partial charge is 0.394 e. The van der Waals surface area contributed by atoms with Crippen LogP contribution >= 0.6 is 27.7 Å². The van der Waals surface area contributed by atoms with Crippen molar-refractivity contribution in [2.75, 3.05) is 24.2 Å². The number of nitrogens with one attached hydrogen (secondary N) is 1. The molecule has 1 aromatic heterocycles. The third kappa shape index (κ3) is 3.52. The van der Waals surface area contributed by atoms with Crippen molar-refractivity contribution in [3.63, 3.8) is 0 Å². The van der Waals surface area contributed by atoms with Crippen molar-refractivity contribution < 1.29 is 5.11 Å². The maximum absolute atomic E-state index is 12.0. The van der Waals surface area contributed by atoms with Crippen LogP contribution in [0.3, 0.4) is 0 Å². The number of hydrogen-bond acceptors (Lipinski definition) is 5. The molecule has 1 unspecified atom stereocenters. The summed E-state index contributed by atoms with van der Waals surface area (Å²) in [6.45, 7) is 3.18. The average Bonchev–Trinajstić information content (AvgIpc) is 2.82. The van der Waals surface area contributed by atoms with Crippen LogP contribution in [0.1, 0.15) is 19.8 Å². The Kier molecular flexibility index (Phi) is 4.92. The van der Waals surface area contributed by atoms with Crippen molar-refractivity contribution >= 4 is 33.4 Å². The summed E-state index contributed by atoms with van der Waals surface area (Å²) in [5.74, 6) is 1.20. The minimum atomic E-state index is -0.219. The van der Waals surface area contributed by atoms with Gasteiger partial charge in [-0.3, -0.25) is 4.79 Å². The molecular weight excluding hydrogens is 330 g/mol. The lowest BCUT2D eigenvalue weighted by Crippen LogP contribution is -2.30. The van der Waals surface area contributed by atoms with Gasteiger partial charge >= 0.3 is 0 Å². The summed E-state index contributed by atoms with van der Waals surface area (Å²) in [6.07, 6.45) is 4.07. The van der Waals surface area contributed by atoms with Crippen molar-refractivity contribution in [3.8, 4) is 0 Å². The van der Waals surface area contributed by atoms with Gasteiger partial charge in [-0.05, 0) is 41.4 Å². The number of aliphatic hydroxyl groups is 1. The second kappa shape index (κ2) is 6.28. The number of nitrogens with zero attached hydrogens (tertiary/aromatic N) is 2. The lowest BCUT2D eigenvalue weighted by atomic mass is 10.1. The van der Waals surface area contributed by atoms with E-state index in [1.54, 1.807) is 6.20 Å². The first kappa shape index (κ1) is 14.9. The minimum Gasteiger partial charge on any atom is -0.394 e. The molecule has 0 aromatic carbocycles. The van der Waals surface area contributed by atoms with Crippen molar-refractivity contribution in [2.45, 2.75) is 31.1 Å². The first-order valence-corrected chi connectivity index (χ1v) is 8.08. The van der Waals surface area contributed by atoms with E-state index in [0.29, 0.717) is 10.2 Å². The number of aromatic nitrogens is 2. The lowest BCUT2D eigenvalue weighted by molar-refractivity contribution is 0.266. The van der Waals surface area contributed by atoms with E-state index in [0.717, 1.165) is 6.54 Å². The zero-order valence-corrected chi connectivity index (χ0v) is 13.3. The quantitative estimate of drug-likeness (QED) is 0.848. The van der Waals surface area contributed by atoms with Crippen LogP contribution in [-0.4, -0.2) is 38.5 Å². The summed E-state index contributed by atoms with van der Waals surface area (Å²) in [6, 6.07) is 0. The molecule has 1 atom stereocenters. The zero-order valence-electron chi connectivity index (χ0n) is 10.9.